The molecule has 134 valence electrons. The van der Waals surface area contributed by atoms with Crippen molar-refractivity contribution in [1.82, 2.24) is 10.6 Å². The van der Waals surface area contributed by atoms with Gasteiger partial charge >= 0.3 is 12.0 Å². The Morgan fingerprint density at radius 2 is 2.08 bits per heavy atom. The van der Waals surface area contributed by atoms with Crippen molar-refractivity contribution in [3.8, 4) is 0 Å². The van der Waals surface area contributed by atoms with Gasteiger partial charge in [-0.05, 0) is 32.0 Å². The number of imide groups is 1. The van der Waals surface area contributed by atoms with Crippen LogP contribution >= 0.6 is 11.8 Å². The molecule has 1 aromatic rings. The number of carbonyl (C=O) groups excluding carboxylic acids is 4. The number of carbonyl (C=O) groups is 4. The van der Waals surface area contributed by atoms with Gasteiger partial charge in [0.1, 0.15) is 0 Å². The number of hydrogen-bond donors (Lipinski definition) is 3. The molecule has 0 atom stereocenters. The third-order valence-electron chi connectivity index (χ3n) is 3.08. The minimum absolute atomic E-state index is 0.118. The van der Waals surface area contributed by atoms with Crippen LogP contribution in [0.15, 0.2) is 23.1 Å². The fourth-order valence-electron chi connectivity index (χ4n) is 2.02. The lowest BCUT2D eigenvalue weighted by atomic mass is 10.2. The van der Waals surface area contributed by atoms with E-state index >= 15 is 0 Å². The number of anilines is 1. The molecule has 4 amide bonds. The van der Waals surface area contributed by atoms with Crippen molar-refractivity contribution in [1.29, 1.82) is 0 Å². The second kappa shape index (κ2) is 8.52. The van der Waals surface area contributed by atoms with Gasteiger partial charge in [-0.2, -0.15) is 0 Å². The molecule has 1 aromatic carbocycles. The van der Waals surface area contributed by atoms with Gasteiger partial charge < -0.3 is 15.4 Å². The van der Waals surface area contributed by atoms with Crippen LogP contribution in [0.25, 0.3) is 0 Å². The van der Waals surface area contributed by atoms with Crippen LogP contribution in [0.4, 0.5) is 10.5 Å². The van der Waals surface area contributed by atoms with Crippen molar-refractivity contribution in [2.24, 2.45) is 0 Å². The molecule has 8 nitrogen and oxygen atoms in total. The number of amides is 4. The van der Waals surface area contributed by atoms with Crippen LogP contribution in [0.1, 0.15) is 30.6 Å². The minimum atomic E-state index is -0.731. The lowest BCUT2D eigenvalue weighted by Crippen LogP contribution is -2.44. The number of hydrogen-bond acceptors (Lipinski definition) is 6. The van der Waals surface area contributed by atoms with Gasteiger partial charge in [0.25, 0.3) is 5.91 Å². The first-order valence-corrected chi connectivity index (χ1v) is 8.68. The summed E-state index contributed by atoms with van der Waals surface area (Å²) in [6.45, 7) is 2.92. The van der Waals surface area contributed by atoms with Gasteiger partial charge in [-0.25, -0.2) is 9.59 Å². The van der Waals surface area contributed by atoms with Crippen molar-refractivity contribution in [2.75, 3.05) is 17.7 Å². The molecule has 25 heavy (non-hydrogen) atoms. The zero-order chi connectivity index (χ0) is 18.4. The molecule has 1 heterocycles. The van der Waals surface area contributed by atoms with E-state index in [1.54, 1.807) is 26.0 Å². The lowest BCUT2D eigenvalue weighted by Gasteiger charge is -2.10. The highest BCUT2D eigenvalue weighted by molar-refractivity contribution is 7.99. The van der Waals surface area contributed by atoms with E-state index in [0.717, 1.165) is 4.90 Å². The second-order valence-corrected chi connectivity index (χ2v) is 6.75. The summed E-state index contributed by atoms with van der Waals surface area (Å²) in [7, 11) is 0. The summed E-state index contributed by atoms with van der Waals surface area (Å²) in [4.78, 5) is 47.5. The smallest absolute Gasteiger partial charge is 0.338 e. The Labute approximate surface area is 149 Å². The van der Waals surface area contributed by atoms with E-state index in [2.05, 4.69) is 16.0 Å². The Hall–Kier alpha value is -2.55. The standard InChI is InChI=1S/C16H19N3O5S/c1-9(2)17-16(23)19-14(21)8-24-15(22)10-3-4-12-11(7-10)18-13(20)5-6-25-12/h3-4,7,9H,5-6,8H2,1-2H3,(H,18,20)(H2,17,19,21,23). The molecule has 1 aliphatic rings. The average molecular weight is 365 g/mol. The molecule has 0 radical (unpaired) electrons. The van der Waals surface area contributed by atoms with Crippen LogP contribution < -0.4 is 16.0 Å². The van der Waals surface area contributed by atoms with E-state index in [9.17, 15) is 19.2 Å². The van der Waals surface area contributed by atoms with E-state index in [4.69, 9.17) is 4.74 Å². The van der Waals surface area contributed by atoms with Crippen LogP contribution in [0, 0.1) is 0 Å². The molecule has 0 bridgehead atoms. The van der Waals surface area contributed by atoms with Gasteiger partial charge in [0, 0.05) is 23.1 Å². The largest absolute Gasteiger partial charge is 0.452 e. The molecule has 0 fully saturated rings. The lowest BCUT2D eigenvalue weighted by molar-refractivity contribution is -0.123. The zero-order valence-electron chi connectivity index (χ0n) is 13.9. The molecule has 1 aliphatic heterocycles. The van der Waals surface area contributed by atoms with Gasteiger partial charge in [-0.3, -0.25) is 14.9 Å². The Balaban J connectivity index is 1.92. The first kappa shape index (κ1) is 18.8. The molecule has 3 N–H and O–H groups in total. The number of urea groups is 1. The number of rotatable bonds is 4. The minimum Gasteiger partial charge on any atom is -0.452 e. The Kier molecular flexibility index (Phi) is 6.40. The number of fused-ring (bicyclic) bond motifs is 1. The highest BCUT2D eigenvalue weighted by atomic mass is 32.2. The van der Waals surface area contributed by atoms with E-state index in [1.807, 2.05) is 0 Å². The van der Waals surface area contributed by atoms with Crippen LogP contribution in [0.2, 0.25) is 0 Å². The Morgan fingerprint density at radius 1 is 1.32 bits per heavy atom. The number of benzene rings is 1. The van der Waals surface area contributed by atoms with Crippen molar-refractivity contribution in [3.05, 3.63) is 23.8 Å². The van der Waals surface area contributed by atoms with Gasteiger partial charge in [0.15, 0.2) is 6.61 Å². The van der Waals surface area contributed by atoms with Crippen molar-refractivity contribution in [3.63, 3.8) is 0 Å². The molecule has 0 saturated carbocycles. The number of thioether (sulfide) groups is 1. The maximum absolute atomic E-state index is 12.0. The number of esters is 1. The van der Waals surface area contributed by atoms with Crippen molar-refractivity contribution < 1.29 is 23.9 Å². The summed E-state index contributed by atoms with van der Waals surface area (Å²) in [6, 6.07) is 4.02. The Morgan fingerprint density at radius 3 is 2.80 bits per heavy atom. The molecular weight excluding hydrogens is 346 g/mol. The predicted octanol–water partition coefficient (Wildman–Crippen LogP) is 1.51. The third-order valence-corrected chi connectivity index (χ3v) is 4.16. The number of ether oxygens (including phenoxy) is 1. The van der Waals surface area contributed by atoms with Gasteiger partial charge in [0.05, 0.1) is 11.3 Å². The normalized spacial score (nSPS) is 13.3. The van der Waals surface area contributed by atoms with E-state index in [-0.39, 0.29) is 17.5 Å². The first-order chi connectivity index (χ1) is 11.8. The summed E-state index contributed by atoms with van der Waals surface area (Å²) >= 11 is 1.52. The quantitative estimate of drug-likeness (QED) is 0.697. The maximum Gasteiger partial charge on any atom is 0.338 e. The van der Waals surface area contributed by atoms with Crippen LogP contribution in [0.3, 0.4) is 0 Å². The molecule has 0 saturated heterocycles. The summed E-state index contributed by atoms with van der Waals surface area (Å²) in [5.74, 6) is -0.899. The topological polar surface area (TPSA) is 114 Å². The predicted molar refractivity (Wildman–Crippen MR) is 92.5 cm³/mol. The maximum atomic E-state index is 12.0. The van der Waals surface area contributed by atoms with Crippen LogP contribution in [0.5, 0.6) is 0 Å². The highest BCUT2D eigenvalue weighted by Crippen LogP contribution is 2.31. The summed E-state index contributed by atoms with van der Waals surface area (Å²) in [5.41, 5.74) is 0.753. The van der Waals surface area contributed by atoms with E-state index in [1.165, 1.54) is 17.8 Å². The van der Waals surface area contributed by atoms with Gasteiger partial charge in [-0.1, -0.05) is 0 Å². The average Bonchev–Trinajstić information content (AvgIpc) is 2.71. The molecule has 0 aromatic heterocycles. The molecule has 9 heteroatoms. The number of nitrogens with one attached hydrogen (secondary N) is 3. The SMILES string of the molecule is CC(C)NC(=O)NC(=O)COC(=O)c1ccc2c(c1)NC(=O)CCS2. The fourth-order valence-corrected chi connectivity index (χ4v) is 2.96. The third kappa shape index (κ3) is 5.79. The summed E-state index contributed by atoms with van der Waals surface area (Å²) in [5, 5.41) is 7.27. The summed E-state index contributed by atoms with van der Waals surface area (Å²) in [6.07, 6.45) is 0.401. The van der Waals surface area contributed by atoms with Crippen molar-refractivity contribution in [2.45, 2.75) is 31.2 Å². The van der Waals surface area contributed by atoms with E-state index < -0.39 is 24.5 Å². The van der Waals surface area contributed by atoms with Crippen LogP contribution in [-0.4, -0.2) is 42.2 Å². The zero-order valence-corrected chi connectivity index (χ0v) is 14.7. The molecule has 0 unspecified atom stereocenters. The monoisotopic (exact) mass is 365 g/mol. The summed E-state index contributed by atoms with van der Waals surface area (Å²) < 4.78 is 4.89. The second-order valence-electron chi connectivity index (χ2n) is 5.61. The molecule has 0 aliphatic carbocycles. The highest BCUT2D eigenvalue weighted by Gasteiger charge is 2.17. The van der Waals surface area contributed by atoms with Crippen LogP contribution in [-0.2, 0) is 14.3 Å². The van der Waals surface area contributed by atoms with Gasteiger partial charge in [0.2, 0.25) is 5.91 Å². The van der Waals surface area contributed by atoms with Crippen molar-refractivity contribution >= 4 is 41.3 Å². The first-order valence-electron chi connectivity index (χ1n) is 7.69. The molecular formula is C16H19N3O5S. The molecule has 0 spiro atoms. The van der Waals surface area contributed by atoms with Gasteiger partial charge in [-0.15, -0.1) is 11.8 Å². The Bertz CT molecular complexity index is 705. The fraction of sp³-hybridized carbons (Fsp3) is 0.375. The van der Waals surface area contributed by atoms with E-state index in [0.29, 0.717) is 17.9 Å². The molecule has 2 rings (SSSR count).